The lowest BCUT2D eigenvalue weighted by Crippen LogP contribution is -2.44. The van der Waals surface area contributed by atoms with Gasteiger partial charge in [0.25, 0.3) is 0 Å². The molecule has 0 spiro atoms. The molecule has 0 fully saturated rings. The molecule has 1 heterocycles. The Morgan fingerprint density at radius 1 is 1.27 bits per heavy atom. The van der Waals surface area contributed by atoms with E-state index in [9.17, 15) is 13.7 Å². The van der Waals surface area contributed by atoms with Crippen LogP contribution in [0.1, 0.15) is 77.0 Å². The largest absolute Gasteiger partial charge is 0.487 e. The average molecular weight is 379 g/mol. The Labute approximate surface area is 158 Å². The number of benzene rings is 1. The van der Waals surface area contributed by atoms with Gasteiger partial charge in [-0.1, -0.05) is 26.2 Å². The maximum atomic E-state index is 12.9. The van der Waals surface area contributed by atoms with Crippen LogP contribution in [-0.2, 0) is 10.0 Å². The van der Waals surface area contributed by atoms with Crippen molar-refractivity contribution in [2.75, 3.05) is 12.3 Å². The highest BCUT2D eigenvalue weighted by Crippen LogP contribution is 2.44. The standard InChI is InChI=1S/C20H30N2O3S/c1-5-7-8-9-12-22(26(23,24)6-2)18-14-20(3,4)25-19-11-10-16(15-21)13-17(18)19/h10-11,13,18H,5-9,12,14H2,1-4H3. The van der Waals surface area contributed by atoms with E-state index in [2.05, 4.69) is 13.0 Å². The Morgan fingerprint density at radius 3 is 2.62 bits per heavy atom. The number of fused-ring (bicyclic) bond motifs is 1. The summed E-state index contributed by atoms with van der Waals surface area (Å²) >= 11 is 0. The molecule has 0 aromatic heterocycles. The molecule has 2 rings (SSSR count). The Morgan fingerprint density at radius 2 is 2.00 bits per heavy atom. The summed E-state index contributed by atoms with van der Waals surface area (Å²) in [5.41, 5.74) is 0.865. The minimum atomic E-state index is -3.36. The van der Waals surface area contributed by atoms with Crippen molar-refractivity contribution in [3.05, 3.63) is 29.3 Å². The van der Waals surface area contributed by atoms with Crippen LogP contribution in [0.5, 0.6) is 5.75 Å². The molecule has 5 nitrogen and oxygen atoms in total. The molecule has 0 amide bonds. The molecule has 0 N–H and O–H groups in total. The molecular weight excluding hydrogens is 348 g/mol. The average Bonchev–Trinajstić information content (AvgIpc) is 2.60. The molecule has 1 aliphatic heterocycles. The lowest BCUT2D eigenvalue weighted by molar-refractivity contribution is 0.0500. The second kappa shape index (κ2) is 8.41. The Balaban J connectivity index is 2.44. The molecule has 6 heteroatoms. The number of ether oxygens (including phenoxy) is 1. The van der Waals surface area contributed by atoms with Gasteiger partial charge in [0.1, 0.15) is 11.4 Å². The van der Waals surface area contributed by atoms with Crippen molar-refractivity contribution in [2.24, 2.45) is 0 Å². The van der Waals surface area contributed by atoms with Crippen LogP contribution in [0.25, 0.3) is 0 Å². The number of sulfonamides is 1. The first-order chi connectivity index (χ1) is 12.2. The summed E-state index contributed by atoms with van der Waals surface area (Å²) in [4.78, 5) is 0. The maximum absolute atomic E-state index is 12.9. The molecule has 0 saturated heterocycles. The zero-order valence-electron chi connectivity index (χ0n) is 16.3. The van der Waals surface area contributed by atoms with Crippen molar-refractivity contribution in [2.45, 2.75) is 71.4 Å². The second-order valence-electron chi connectivity index (χ2n) is 7.52. The fourth-order valence-corrected chi connectivity index (χ4v) is 4.81. The van der Waals surface area contributed by atoms with Gasteiger partial charge in [-0.15, -0.1) is 0 Å². The van der Waals surface area contributed by atoms with Gasteiger partial charge >= 0.3 is 0 Å². The SMILES string of the molecule is CCCCCCN(C1CC(C)(C)Oc2ccc(C#N)cc21)S(=O)(=O)CC. The van der Waals surface area contributed by atoms with Crippen LogP contribution in [-0.4, -0.2) is 30.6 Å². The van der Waals surface area contributed by atoms with Gasteiger partial charge in [-0.2, -0.15) is 9.57 Å². The van der Waals surface area contributed by atoms with Crippen LogP contribution in [0.15, 0.2) is 18.2 Å². The van der Waals surface area contributed by atoms with Gasteiger partial charge in [0.15, 0.2) is 0 Å². The Bertz CT molecular complexity index is 766. The van der Waals surface area contributed by atoms with Crippen molar-refractivity contribution in [3.63, 3.8) is 0 Å². The zero-order valence-corrected chi connectivity index (χ0v) is 17.1. The third-order valence-electron chi connectivity index (χ3n) is 4.87. The topological polar surface area (TPSA) is 70.4 Å². The van der Waals surface area contributed by atoms with Gasteiger partial charge in [-0.05, 0) is 45.4 Å². The minimum absolute atomic E-state index is 0.0752. The molecule has 1 aliphatic rings. The lowest BCUT2D eigenvalue weighted by atomic mass is 9.88. The normalized spacial score (nSPS) is 18.8. The molecule has 1 aromatic rings. The third kappa shape index (κ3) is 4.77. The first-order valence-electron chi connectivity index (χ1n) is 9.46. The molecule has 0 saturated carbocycles. The van der Waals surface area contributed by atoms with Crippen LogP contribution < -0.4 is 4.74 Å². The molecule has 1 unspecified atom stereocenters. The quantitative estimate of drug-likeness (QED) is 0.629. The van der Waals surface area contributed by atoms with Crippen molar-refractivity contribution >= 4 is 10.0 Å². The summed E-state index contributed by atoms with van der Waals surface area (Å²) in [5, 5.41) is 9.25. The second-order valence-corrected chi connectivity index (χ2v) is 9.73. The number of unbranched alkanes of at least 4 members (excludes halogenated alkanes) is 3. The third-order valence-corrected chi connectivity index (χ3v) is 6.75. The maximum Gasteiger partial charge on any atom is 0.214 e. The summed E-state index contributed by atoms with van der Waals surface area (Å²) < 4.78 is 33.4. The molecule has 144 valence electrons. The first-order valence-corrected chi connectivity index (χ1v) is 11.1. The molecular formula is C20H30N2O3S. The van der Waals surface area contributed by atoms with Crippen molar-refractivity contribution in [3.8, 4) is 11.8 Å². The fraction of sp³-hybridized carbons (Fsp3) is 0.650. The van der Waals surface area contributed by atoms with Crippen molar-refractivity contribution in [1.82, 2.24) is 4.31 Å². The predicted molar refractivity (Wildman–Crippen MR) is 104 cm³/mol. The molecule has 0 radical (unpaired) electrons. The molecule has 26 heavy (non-hydrogen) atoms. The van der Waals surface area contributed by atoms with Gasteiger partial charge in [0, 0.05) is 18.5 Å². The monoisotopic (exact) mass is 378 g/mol. The van der Waals surface area contributed by atoms with E-state index in [1.807, 2.05) is 13.8 Å². The highest BCUT2D eigenvalue weighted by Gasteiger charge is 2.40. The number of hydrogen-bond donors (Lipinski definition) is 0. The highest BCUT2D eigenvalue weighted by atomic mass is 32.2. The lowest BCUT2D eigenvalue weighted by Gasteiger charge is -2.42. The van der Waals surface area contributed by atoms with E-state index in [0.717, 1.165) is 31.2 Å². The van der Waals surface area contributed by atoms with Gasteiger partial charge in [0.05, 0.1) is 23.4 Å². The van der Waals surface area contributed by atoms with E-state index in [1.54, 1.807) is 29.4 Å². The summed E-state index contributed by atoms with van der Waals surface area (Å²) in [7, 11) is -3.36. The molecule has 1 aromatic carbocycles. The van der Waals surface area contributed by atoms with Crippen molar-refractivity contribution in [1.29, 1.82) is 5.26 Å². The van der Waals surface area contributed by atoms with Gasteiger partial charge in [-0.25, -0.2) is 8.42 Å². The summed E-state index contributed by atoms with van der Waals surface area (Å²) in [5.74, 6) is 0.751. The van der Waals surface area contributed by atoms with Gasteiger partial charge in [-0.3, -0.25) is 0 Å². The van der Waals surface area contributed by atoms with E-state index in [-0.39, 0.29) is 11.8 Å². The summed E-state index contributed by atoms with van der Waals surface area (Å²) in [6.07, 6.45) is 4.65. The van der Waals surface area contributed by atoms with E-state index in [1.165, 1.54) is 0 Å². The van der Waals surface area contributed by atoms with Crippen LogP contribution in [0.4, 0.5) is 0 Å². The minimum Gasteiger partial charge on any atom is -0.487 e. The van der Waals surface area contributed by atoms with E-state index < -0.39 is 15.6 Å². The molecule has 1 atom stereocenters. The van der Waals surface area contributed by atoms with Crippen molar-refractivity contribution < 1.29 is 13.2 Å². The summed E-state index contributed by atoms with van der Waals surface area (Å²) in [6.45, 7) is 8.30. The zero-order chi connectivity index (χ0) is 19.4. The molecule has 0 aliphatic carbocycles. The van der Waals surface area contributed by atoms with Crippen LogP contribution in [0, 0.1) is 11.3 Å². The van der Waals surface area contributed by atoms with E-state index >= 15 is 0 Å². The fourth-order valence-electron chi connectivity index (χ4n) is 3.49. The highest BCUT2D eigenvalue weighted by molar-refractivity contribution is 7.89. The number of nitrogens with zero attached hydrogens (tertiary/aromatic N) is 2. The molecule has 0 bridgehead atoms. The van der Waals surface area contributed by atoms with E-state index in [0.29, 0.717) is 24.3 Å². The Kier molecular flexibility index (Phi) is 6.70. The number of hydrogen-bond acceptors (Lipinski definition) is 4. The van der Waals surface area contributed by atoms with Crippen LogP contribution in [0.3, 0.4) is 0 Å². The number of nitriles is 1. The van der Waals surface area contributed by atoms with Crippen LogP contribution >= 0.6 is 0 Å². The van der Waals surface area contributed by atoms with E-state index in [4.69, 9.17) is 4.74 Å². The Hall–Kier alpha value is -1.58. The van der Waals surface area contributed by atoms with Crippen LogP contribution in [0.2, 0.25) is 0 Å². The predicted octanol–water partition coefficient (Wildman–Crippen LogP) is 4.39. The smallest absolute Gasteiger partial charge is 0.214 e. The summed E-state index contributed by atoms with van der Waals surface area (Å²) in [6, 6.07) is 7.13. The van der Waals surface area contributed by atoms with Gasteiger partial charge in [0.2, 0.25) is 10.0 Å². The first kappa shape index (κ1) is 20.7. The van der Waals surface area contributed by atoms with Gasteiger partial charge < -0.3 is 4.74 Å². The number of rotatable bonds is 8.